The number of fused-ring (bicyclic) bond motifs is 1. The summed E-state index contributed by atoms with van der Waals surface area (Å²) in [6.45, 7) is 4.54. The van der Waals surface area contributed by atoms with Crippen molar-refractivity contribution in [1.82, 2.24) is 9.38 Å². The van der Waals surface area contributed by atoms with Crippen LogP contribution < -0.4 is 14.8 Å². The van der Waals surface area contributed by atoms with Gasteiger partial charge in [-0.05, 0) is 74.0 Å². The second-order valence-corrected chi connectivity index (χ2v) is 6.92. The van der Waals surface area contributed by atoms with Crippen LogP contribution >= 0.6 is 0 Å². The molecule has 6 nitrogen and oxygen atoms in total. The molecule has 4 rings (SSSR count). The van der Waals surface area contributed by atoms with Crippen LogP contribution in [0.15, 0.2) is 67.0 Å². The molecule has 0 aliphatic rings. The highest BCUT2D eigenvalue weighted by Crippen LogP contribution is 2.31. The number of nitrogens with zero attached hydrogens (tertiary/aromatic N) is 2. The molecule has 1 N–H and O–H groups in total. The normalized spacial score (nSPS) is 10.8. The Morgan fingerprint density at radius 1 is 1.10 bits per heavy atom. The van der Waals surface area contributed by atoms with Crippen LogP contribution in [0.3, 0.4) is 0 Å². The summed E-state index contributed by atoms with van der Waals surface area (Å²) in [6.07, 6.45) is 3.95. The summed E-state index contributed by atoms with van der Waals surface area (Å²) in [4.78, 5) is 17.5. The molecule has 0 radical (unpaired) electrons. The molecule has 0 aliphatic heterocycles. The summed E-state index contributed by atoms with van der Waals surface area (Å²) in [7, 11) is 1.58. The maximum Gasteiger partial charge on any atom is 0.255 e. The molecule has 30 heavy (non-hydrogen) atoms. The smallest absolute Gasteiger partial charge is 0.255 e. The van der Waals surface area contributed by atoms with E-state index in [9.17, 15) is 4.79 Å². The fraction of sp³-hybridized carbons (Fsp3) is 0.167. The Labute approximate surface area is 175 Å². The minimum Gasteiger partial charge on any atom is -0.495 e. The van der Waals surface area contributed by atoms with Crippen molar-refractivity contribution in [2.75, 3.05) is 19.0 Å². The lowest BCUT2D eigenvalue weighted by atomic mass is 10.1. The van der Waals surface area contributed by atoms with Crippen LogP contribution in [-0.4, -0.2) is 29.0 Å². The number of ether oxygens (including phenoxy) is 2. The number of imidazole rings is 1. The quantitative estimate of drug-likeness (QED) is 0.495. The van der Waals surface area contributed by atoms with Crippen LogP contribution in [-0.2, 0) is 0 Å². The van der Waals surface area contributed by atoms with Gasteiger partial charge in [-0.15, -0.1) is 0 Å². The van der Waals surface area contributed by atoms with E-state index >= 15 is 0 Å². The van der Waals surface area contributed by atoms with Crippen molar-refractivity contribution in [1.29, 1.82) is 0 Å². The van der Waals surface area contributed by atoms with Gasteiger partial charge in [0.1, 0.15) is 17.1 Å². The largest absolute Gasteiger partial charge is 0.495 e. The van der Waals surface area contributed by atoms with Gasteiger partial charge >= 0.3 is 0 Å². The Morgan fingerprint density at radius 3 is 2.63 bits per heavy atom. The lowest BCUT2D eigenvalue weighted by molar-refractivity contribution is 0.102. The first-order valence-electron chi connectivity index (χ1n) is 9.75. The first-order chi connectivity index (χ1) is 14.6. The molecule has 0 saturated carbocycles. The van der Waals surface area contributed by atoms with Crippen molar-refractivity contribution in [3.05, 3.63) is 78.1 Å². The SMILES string of the molecule is CCOc1ccc(C(=O)Nc2cc(-c3cn4ccc(C)cc4n3)ccc2OC)cc1. The third-order valence-corrected chi connectivity index (χ3v) is 4.79. The van der Waals surface area contributed by atoms with Gasteiger partial charge in [-0.25, -0.2) is 4.98 Å². The highest BCUT2D eigenvalue weighted by atomic mass is 16.5. The first kappa shape index (κ1) is 19.5. The van der Waals surface area contributed by atoms with Gasteiger partial charge in [-0.2, -0.15) is 0 Å². The number of pyridine rings is 1. The Hall–Kier alpha value is -3.80. The van der Waals surface area contributed by atoms with Gasteiger partial charge in [0, 0.05) is 23.5 Å². The second kappa shape index (κ2) is 8.29. The van der Waals surface area contributed by atoms with Crippen molar-refractivity contribution in [2.45, 2.75) is 13.8 Å². The number of carbonyl (C=O) groups excluding carboxylic acids is 1. The average molecular weight is 401 g/mol. The van der Waals surface area contributed by atoms with Gasteiger partial charge in [0.2, 0.25) is 0 Å². The topological polar surface area (TPSA) is 64.9 Å². The summed E-state index contributed by atoms with van der Waals surface area (Å²) >= 11 is 0. The third-order valence-electron chi connectivity index (χ3n) is 4.79. The Kier molecular flexibility index (Phi) is 5.39. The van der Waals surface area contributed by atoms with E-state index in [2.05, 4.69) is 5.32 Å². The number of hydrogen-bond acceptors (Lipinski definition) is 4. The lowest BCUT2D eigenvalue weighted by Crippen LogP contribution is -2.12. The van der Waals surface area contributed by atoms with E-state index in [4.69, 9.17) is 14.5 Å². The fourth-order valence-corrected chi connectivity index (χ4v) is 3.25. The number of nitrogens with one attached hydrogen (secondary N) is 1. The Bertz CT molecular complexity index is 1200. The molecule has 1 amide bonds. The standard InChI is InChI=1S/C24H23N3O3/c1-4-30-19-8-5-17(6-9-19)24(28)26-20-14-18(7-10-22(20)29-3)21-15-27-12-11-16(2)13-23(27)25-21/h5-15H,4H2,1-3H3,(H,26,28). The molecule has 2 aromatic heterocycles. The minimum absolute atomic E-state index is 0.223. The van der Waals surface area contributed by atoms with Gasteiger partial charge in [-0.1, -0.05) is 0 Å². The number of hydrogen-bond donors (Lipinski definition) is 1. The number of carbonyl (C=O) groups is 1. The Balaban J connectivity index is 1.62. The molecule has 152 valence electrons. The van der Waals surface area contributed by atoms with Gasteiger partial charge in [0.25, 0.3) is 5.91 Å². The predicted molar refractivity (Wildman–Crippen MR) is 117 cm³/mol. The number of amides is 1. The number of aromatic nitrogens is 2. The van der Waals surface area contributed by atoms with Crippen molar-refractivity contribution < 1.29 is 14.3 Å². The molecule has 2 aromatic carbocycles. The molecule has 0 spiro atoms. The van der Waals surface area contributed by atoms with Crippen LogP contribution in [0.5, 0.6) is 11.5 Å². The van der Waals surface area contributed by atoms with E-state index in [1.165, 1.54) is 0 Å². The molecule has 0 unspecified atom stereocenters. The number of aryl methyl sites for hydroxylation is 1. The monoisotopic (exact) mass is 401 g/mol. The summed E-state index contributed by atoms with van der Waals surface area (Å²) in [6, 6.07) is 16.7. The van der Waals surface area contributed by atoms with E-state index in [1.807, 2.05) is 61.0 Å². The first-order valence-corrected chi connectivity index (χ1v) is 9.75. The van der Waals surface area contributed by atoms with E-state index < -0.39 is 0 Å². The van der Waals surface area contributed by atoms with Gasteiger partial charge < -0.3 is 19.2 Å². The summed E-state index contributed by atoms with van der Waals surface area (Å²) in [5.74, 6) is 1.09. The number of anilines is 1. The van der Waals surface area contributed by atoms with Crippen LogP contribution in [0.1, 0.15) is 22.8 Å². The highest BCUT2D eigenvalue weighted by molar-refractivity contribution is 6.05. The van der Waals surface area contributed by atoms with Gasteiger partial charge in [0.05, 0.1) is 25.1 Å². The summed E-state index contributed by atoms with van der Waals surface area (Å²) < 4.78 is 12.8. The average Bonchev–Trinajstić information content (AvgIpc) is 3.17. The second-order valence-electron chi connectivity index (χ2n) is 6.92. The van der Waals surface area contributed by atoms with Crippen LogP contribution in [0.25, 0.3) is 16.9 Å². The maximum atomic E-state index is 12.8. The number of rotatable bonds is 6. The van der Waals surface area contributed by atoms with Gasteiger partial charge in [0.15, 0.2) is 0 Å². The zero-order valence-corrected chi connectivity index (χ0v) is 17.2. The maximum absolute atomic E-state index is 12.8. The Morgan fingerprint density at radius 2 is 1.90 bits per heavy atom. The van der Waals surface area contributed by atoms with Crippen molar-refractivity contribution in [2.24, 2.45) is 0 Å². The van der Waals surface area contributed by atoms with E-state index in [0.717, 1.165) is 28.2 Å². The van der Waals surface area contributed by atoms with Crippen LogP contribution in [0.4, 0.5) is 5.69 Å². The van der Waals surface area contributed by atoms with Gasteiger partial charge in [-0.3, -0.25) is 4.79 Å². The highest BCUT2D eigenvalue weighted by Gasteiger charge is 2.13. The molecule has 0 fully saturated rings. The van der Waals surface area contributed by atoms with E-state index in [0.29, 0.717) is 23.6 Å². The predicted octanol–water partition coefficient (Wildman–Crippen LogP) is 4.97. The molecule has 0 bridgehead atoms. The zero-order valence-electron chi connectivity index (χ0n) is 17.2. The third kappa shape index (κ3) is 3.98. The number of methoxy groups -OCH3 is 1. The molecule has 0 atom stereocenters. The van der Waals surface area contributed by atoms with E-state index in [1.54, 1.807) is 31.4 Å². The molecule has 0 aliphatic carbocycles. The lowest BCUT2D eigenvalue weighted by Gasteiger charge is -2.12. The molecular weight excluding hydrogens is 378 g/mol. The molecule has 2 heterocycles. The molecular formula is C24H23N3O3. The zero-order chi connectivity index (χ0) is 21.1. The van der Waals surface area contributed by atoms with Crippen LogP contribution in [0, 0.1) is 6.92 Å². The minimum atomic E-state index is -0.223. The summed E-state index contributed by atoms with van der Waals surface area (Å²) in [5, 5.41) is 2.94. The van der Waals surface area contributed by atoms with Crippen LogP contribution in [0.2, 0.25) is 0 Å². The van der Waals surface area contributed by atoms with E-state index in [-0.39, 0.29) is 5.91 Å². The van der Waals surface area contributed by atoms with Crippen molar-refractivity contribution >= 4 is 17.2 Å². The van der Waals surface area contributed by atoms with Crippen molar-refractivity contribution in [3.63, 3.8) is 0 Å². The molecule has 4 aromatic rings. The van der Waals surface area contributed by atoms with Crippen molar-refractivity contribution in [3.8, 4) is 22.8 Å². The fourth-order valence-electron chi connectivity index (χ4n) is 3.25. The number of benzene rings is 2. The molecule has 6 heteroatoms. The summed E-state index contributed by atoms with van der Waals surface area (Å²) in [5.41, 5.74) is 4.86. The molecule has 0 saturated heterocycles.